The first-order chi connectivity index (χ1) is 30.5. The van der Waals surface area contributed by atoms with E-state index in [4.69, 9.17) is 14.2 Å². The molecule has 0 rings (SSSR count). The summed E-state index contributed by atoms with van der Waals surface area (Å²) in [4.78, 5) is 37.7. The van der Waals surface area contributed by atoms with Gasteiger partial charge in [0, 0.05) is 19.3 Å². The smallest absolute Gasteiger partial charge is 0.306 e. The fourth-order valence-electron chi connectivity index (χ4n) is 6.34. The molecule has 0 saturated carbocycles. The second-order valence-electron chi connectivity index (χ2n) is 16.0. The van der Waals surface area contributed by atoms with E-state index in [0.29, 0.717) is 19.3 Å². The van der Waals surface area contributed by atoms with E-state index in [1.54, 1.807) is 0 Å². The standard InChI is InChI=1S/C56H90O6/c1-4-7-10-13-16-18-20-22-24-25-26-27-28-29-30-31-33-34-36-38-40-43-46-49-55(58)61-52-53(51-60-54(57)48-45-42-15-12-9-6-3)62-56(59)50-47-44-41-39-37-35-32-23-21-19-17-14-11-8-5-2/h7-8,10-11,16-19,22-24,26-27,29-30,32-34,53H,4-6,9,12-15,20-21,25,28,31,35-52H2,1-3H3/b10-7-,11-8-,18-16-,19-17-,24-22-,27-26-,30-29-,32-23-,34-33-. The third-order valence-corrected chi connectivity index (χ3v) is 10.0. The number of esters is 3. The van der Waals surface area contributed by atoms with Gasteiger partial charge in [0.2, 0.25) is 0 Å². The lowest BCUT2D eigenvalue weighted by molar-refractivity contribution is -0.167. The molecule has 0 amide bonds. The van der Waals surface area contributed by atoms with Crippen LogP contribution in [0.1, 0.15) is 207 Å². The predicted molar refractivity (Wildman–Crippen MR) is 265 cm³/mol. The van der Waals surface area contributed by atoms with Crippen LogP contribution in [0.3, 0.4) is 0 Å². The van der Waals surface area contributed by atoms with Gasteiger partial charge in [0.15, 0.2) is 6.10 Å². The quantitative estimate of drug-likeness (QED) is 0.0263. The van der Waals surface area contributed by atoms with Crippen molar-refractivity contribution in [3.8, 4) is 0 Å². The van der Waals surface area contributed by atoms with Crippen LogP contribution in [0.5, 0.6) is 0 Å². The van der Waals surface area contributed by atoms with E-state index in [9.17, 15) is 14.4 Å². The Labute approximate surface area is 380 Å². The maximum absolute atomic E-state index is 12.7. The van der Waals surface area contributed by atoms with E-state index in [1.807, 2.05) is 0 Å². The molecule has 0 spiro atoms. The zero-order chi connectivity index (χ0) is 45.1. The van der Waals surface area contributed by atoms with Gasteiger partial charge in [0.05, 0.1) is 0 Å². The molecule has 0 N–H and O–H groups in total. The normalized spacial score (nSPS) is 13.0. The number of unbranched alkanes of at least 4 members (excludes halogenated alkanes) is 14. The summed E-state index contributed by atoms with van der Waals surface area (Å²) in [5, 5.41) is 0. The molecule has 350 valence electrons. The zero-order valence-corrected chi connectivity index (χ0v) is 39.8. The van der Waals surface area contributed by atoms with Crippen molar-refractivity contribution in [2.24, 2.45) is 0 Å². The summed E-state index contributed by atoms with van der Waals surface area (Å²) in [6.07, 6.45) is 66.7. The van der Waals surface area contributed by atoms with Crippen LogP contribution in [-0.4, -0.2) is 37.2 Å². The molecule has 62 heavy (non-hydrogen) atoms. The summed E-state index contributed by atoms with van der Waals surface area (Å²) in [6, 6.07) is 0. The summed E-state index contributed by atoms with van der Waals surface area (Å²) >= 11 is 0. The van der Waals surface area contributed by atoms with Gasteiger partial charge >= 0.3 is 17.9 Å². The van der Waals surface area contributed by atoms with Crippen LogP contribution in [-0.2, 0) is 28.6 Å². The highest BCUT2D eigenvalue weighted by Crippen LogP contribution is 2.12. The molecule has 0 fully saturated rings. The lowest BCUT2D eigenvalue weighted by atomic mass is 10.1. The highest BCUT2D eigenvalue weighted by atomic mass is 16.6. The Hall–Kier alpha value is -3.93. The third kappa shape index (κ3) is 47.1. The largest absolute Gasteiger partial charge is 0.462 e. The molecule has 0 saturated heterocycles. The molecular formula is C56H90O6. The van der Waals surface area contributed by atoms with E-state index in [-0.39, 0.29) is 31.1 Å². The molecule has 0 aromatic carbocycles. The van der Waals surface area contributed by atoms with Crippen molar-refractivity contribution < 1.29 is 28.6 Å². The summed E-state index contributed by atoms with van der Waals surface area (Å²) < 4.78 is 16.6. The first-order valence-electron chi connectivity index (χ1n) is 24.9. The molecule has 0 heterocycles. The van der Waals surface area contributed by atoms with Gasteiger partial charge in [-0.2, -0.15) is 0 Å². The first kappa shape index (κ1) is 58.1. The van der Waals surface area contributed by atoms with Crippen molar-refractivity contribution in [1.82, 2.24) is 0 Å². The molecule has 0 aromatic rings. The fraction of sp³-hybridized carbons (Fsp3) is 0.625. The number of ether oxygens (including phenoxy) is 3. The summed E-state index contributed by atoms with van der Waals surface area (Å²) in [5.41, 5.74) is 0. The monoisotopic (exact) mass is 859 g/mol. The van der Waals surface area contributed by atoms with Crippen LogP contribution in [0.25, 0.3) is 0 Å². The minimum Gasteiger partial charge on any atom is -0.462 e. The molecule has 0 bridgehead atoms. The molecule has 0 aliphatic carbocycles. The summed E-state index contributed by atoms with van der Waals surface area (Å²) in [5.74, 6) is -0.957. The number of hydrogen-bond acceptors (Lipinski definition) is 6. The lowest BCUT2D eigenvalue weighted by Crippen LogP contribution is -2.30. The van der Waals surface area contributed by atoms with E-state index < -0.39 is 6.10 Å². The molecule has 0 radical (unpaired) electrons. The second kappa shape index (κ2) is 49.7. The van der Waals surface area contributed by atoms with Crippen LogP contribution in [0, 0.1) is 0 Å². The van der Waals surface area contributed by atoms with Gasteiger partial charge < -0.3 is 14.2 Å². The first-order valence-corrected chi connectivity index (χ1v) is 24.9. The third-order valence-electron chi connectivity index (χ3n) is 10.0. The highest BCUT2D eigenvalue weighted by Gasteiger charge is 2.19. The number of rotatable bonds is 43. The Bertz CT molecular complexity index is 1310. The molecular weight excluding hydrogens is 769 g/mol. The van der Waals surface area contributed by atoms with Gasteiger partial charge in [0.1, 0.15) is 13.2 Å². The highest BCUT2D eigenvalue weighted by molar-refractivity contribution is 5.71. The molecule has 1 unspecified atom stereocenters. The second-order valence-corrected chi connectivity index (χ2v) is 16.0. The van der Waals surface area contributed by atoms with E-state index in [2.05, 4.69) is 130 Å². The van der Waals surface area contributed by atoms with Crippen LogP contribution in [0.2, 0.25) is 0 Å². The van der Waals surface area contributed by atoms with Crippen molar-refractivity contribution in [3.63, 3.8) is 0 Å². The van der Waals surface area contributed by atoms with Crippen LogP contribution < -0.4 is 0 Å². The van der Waals surface area contributed by atoms with Crippen LogP contribution in [0.15, 0.2) is 109 Å². The zero-order valence-electron chi connectivity index (χ0n) is 39.8. The van der Waals surface area contributed by atoms with E-state index in [1.165, 1.54) is 19.3 Å². The Morgan fingerprint density at radius 1 is 0.339 bits per heavy atom. The number of carbonyl (C=O) groups is 3. The van der Waals surface area contributed by atoms with Gasteiger partial charge in [-0.05, 0) is 103 Å². The average Bonchev–Trinajstić information content (AvgIpc) is 3.27. The predicted octanol–water partition coefficient (Wildman–Crippen LogP) is 16.4. The van der Waals surface area contributed by atoms with Crippen molar-refractivity contribution in [2.75, 3.05) is 13.2 Å². The van der Waals surface area contributed by atoms with Crippen LogP contribution >= 0.6 is 0 Å². The molecule has 0 aromatic heterocycles. The Balaban J connectivity index is 4.31. The summed E-state index contributed by atoms with van der Waals surface area (Å²) in [7, 11) is 0. The van der Waals surface area contributed by atoms with Gasteiger partial charge in [-0.25, -0.2) is 0 Å². The molecule has 6 nitrogen and oxygen atoms in total. The van der Waals surface area contributed by atoms with Crippen molar-refractivity contribution >= 4 is 17.9 Å². The van der Waals surface area contributed by atoms with Crippen molar-refractivity contribution in [2.45, 2.75) is 213 Å². The van der Waals surface area contributed by atoms with Crippen molar-refractivity contribution in [1.29, 1.82) is 0 Å². The molecule has 1 atom stereocenters. The van der Waals surface area contributed by atoms with E-state index >= 15 is 0 Å². The molecule has 0 aliphatic heterocycles. The SMILES string of the molecule is CC/C=C\C/C=C\C/C=C\C/C=C\C/C=C\C/C=C\CCCCCCC(=O)OCC(COC(=O)CCCCCCCC)OC(=O)CCCCCCC/C=C\C/C=C\C/C=C\CC. The number of allylic oxidation sites excluding steroid dienone is 18. The molecule has 0 aliphatic rings. The maximum atomic E-state index is 12.7. The average molecular weight is 859 g/mol. The molecule has 6 heteroatoms. The Morgan fingerprint density at radius 2 is 0.629 bits per heavy atom. The lowest BCUT2D eigenvalue weighted by Gasteiger charge is -2.18. The maximum Gasteiger partial charge on any atom is 0.306 e. The van der Waals surface area contributed by atoms with Crippen molar-refractivity contribution in [3.05, 3.63) is 109 Å². The van der Waals surface area contributed by atoms with Gasteiger partial charge in [0.25, 0.3) is 0 Å². The van der Waals surface area contributed by atoms with Crippen LogP contribution in [0.4, 0.5) is 0 Å². The minimum atomic E-state index is -0.796. The topological polar surface area (TPSA) is 78.9 Å². The Morgan fingerprint density at radius 3 is 0.984 bits per heavy atom. The fourth-order valence-corrected chi connectivity index (χ4v) is 6.34. The van der Waals surface area contributed by atoms with Gasteiger partial charge in [-0.15, -0.1) is 0 Å². The number of hydrogen-bond donors (Lipinski definition) is 0. The van der Waals surface area contributed by atoms with Gasteiger partial charge in [-0.1, -0.05) is 194 Å². The van der Waals surface area contributed by atoms with Gasteiger partial charge in [-0.3, -0.25) is 14.4 Å². The Kier molecular flexibility index (Phi) is 46.6. The van der Waals surface area contributed by atoms with E-state index in [0.717, 1.165) is 148 Å². The minimum absolute atomic E-state index is 0.0957. The summed E-state index contributed by atoms with van der Waals surface area (Å²) in [6.45, 7) is 6.29. The number of carbonyl (C=O) groups excluding carboxylic acids is 3.